The van der Waals surface area contributed by atoms with Crippen molar-refractivity contribution in [1.29, 1.82) is 5.26 Å². The highest BCUT2D eigenvalue weighted by molar-refractivity contribution is 5.95. The Morgan fingerprint density at radius 1 is 1.24 bits per heavy atom. The van der Waals surface area contributed by atoms with E-state index in [0.717, 1.165) is 0 Å². The van der Waals surface area contributed by atoms with Crippen molar-refractivity contribution in [3.8, 4) is 11.8 Å². The third-order valence-corrected chi connectivity index (χ3v) is 3.58. The summed E-state index contributed by atoms with van der Waals surface area (Å²) in [7, 11) is 1.45. The molecule has 2 aromatic rings. The van der Waals surface area contributed by atoms with Crippen LogP contribution in [0.1, 0.15) is 42.6 Å². The summed E-state index contributed by atoms with van der Waals surface area (Å²) in [6.07, 6.45) is -4.77. The molecule has 0 aliphatic carbocycles. The molecular formula is C19H20F3N5O2. The Hall–Kier alpha value is -3.35. The number of anilines is 1. The summed E-state index contributed by atoms with van der Waals surface area (Å²) in [5.41, 5.74) is 1.11. The van der Waals surface area contributed by atoms with Gasteiger partial charge in [-0.15, -0.1) is 0 Å². The number of carbonyl (C=O) groups excluding carboxylic acids is 1. The zero-order valence-corrected chi connectivity index (χ0v) is 16.3. The Labute approximate surface area is 166 Å². The minimum Gasteiger partial charge on any atom is -0.497 e. The first-order chi connectivity index (χ1) is 13.4. The van der Waals surface area contributed by atoms with Gasteiger partial charge in [0.2, 0.25) is 5.82 Å². The van der Waals surface area contributed by atoms with Gasteiger partial charge in [0.25, 0.3) is 5.91 Å². The molecule has 0 bridgehead atoms. The molecule has 2 rings (SSSR count). The quantitative estimate of drug-likeness (QED) is 0.762. The standard InChI is InChI=1S/C19H20F3N5O2/c1-18(2,3)11-27(26-17(28)12-6-5-7-13(8-12)29-4)16-9-14(19(20,21)22)24-15(10-23)25-16/h5-9H,11H2,1-4H3,(H,26,28). The van der Waals surface area contributed by atoms with Gasteiger partial charge < -0.3 is 4.74 Å². The number of rotatable bonds is 5. The number of carbonyl (C=O) groups is 1. The second kappa shape index (κ2) is 8.34. The summed E-state index contributed by atoms with van der Waals surface area (Å²) in [6.45, 7) is 5.65. The van der Waals surface area contributed by atoms with Crippen molar-refractivity contribution in [2.45, 2.75) is 26.9 Å². The first-order valence-electron chi connectivity index (χ1n) is 8.52. The molecule has 0 spiro atoms. The van der Waals surface area contributed by atoms with Gasteiger partial charge in [-0.3, -0.25) is 15.2 Å². The van der Waals surface area contributed by atoms with E-state index < -0.39 is 29.0 Å². The lowest BCUT2D eigenvalue weighted by atomic mass is 9.96. The van der Waals surface area contributed by atoms with Crippen LogP contribution >= 0.6 is 0 Å². The molecule has 154 valence electrons. The Bertz CT molecular complexity index is 933. The fourth-order valence-electron chi connectivity index (χ4n) is 2.37. The molecule has 0 fully saturated rings. The van der Waals surface area contributed by atoms with Crippen molar-refractivity contribution in [1.82, 2.24) is 15.4 Å². The third kappa shape index (κ3) is 6.07. The van der Waals surface area contributed by atoms with Crippen LogP contribution in [0.15, 0.2) is 30.3 Å². The number of aromatic nitrogens is 2. The normalized spacial score (nSPS) is 11.5. The van der Waals surface area contributed by atoms with Crippen molar-refractivity contribution >= 4 is 11.7 Å². The number of ether oxygens (including phenoxy) is 1. The van der Waals surface area contributed by atoms with E-state index in [9.17, 15) is 18.0 Å². The van der Waals surface area contributed by atoms with Crippen LogP contribution in [0.25, 0.3) is 0 Å². The zero-order chi connectivity index (χ0) is 21.8. The topological polar surface area (TPSA) is 91.1 Å². The molecule has 0 unspecified atom stereocenters. The van der Waals surface area contributed by atoms with Gasteiger partial charge in [-0.2, -0.15) is 23.4 Å². The molecule has 29 heavy (non-hydrogen) atoms. The average Bonchev–Trinajstić information content (AvgIpc) is 2.65. The first-order valence-corrected chi connectivity index (χ1v) is 8.52. The van der Waals surface area contributed by atoms with Crippen LogP contribution in [0.5, 0.6) is 5.75 Å². The number of halogens is 3. The number of hydrazine groups is 1. The lowest BCUT2D eigenvalue weighted by Crippen LogP contribution is -2.47. The number of hydrogen-bond acceptors (Lipinski definition) is 6. The van der Waals surface area contributed by atoms with Gasteiger partial charge in [0.1, 0.15) is 11.8 Å². The second-order valence-corrected chi connectivity index (χ2v) is 7.36. The monoisotopic (exact) mass is 407 g/mol. The molecule has 7 nitrogen and oxygen atoms in total. The van der Waals surface area contributed by atoms with Gasteiger partial charge in [-0.05, 0) is 23.6 Å². The Kier molecular flexibility index (Phi) is 6.31. The highest BCUT2D eigenvalue weighted by atomic mass is 19.4. The minimum absolute atomic E-state index is 0.127. The van der Waals surface area contributed by atoms with Gasteiger partial charge in [0.15, 0.2) is 11.5 Å². The summed E-state index contributed by atoms with van der Waals surface area (Å²) in [5, 5.41) is 10.2. The van der Waals surface area contributed by atoms with E-state index in [4.69, 9.17) is 10.00 Å². The van der Waals surface area contributed by atoms with Crippen LogP contribution in [0.2, 0.25) is 0 Å². The van der Waals surface area contributed by atoms with E-state index in [1.54, 1.807) is 12.1 Å². The molecule has 10 heteroatoms. The lowest BCUT2D eigenvalue weighted by molar-refractivity contribution is -0.141. The maximum Gasteiger partial charge on any atom is 0.433 e. The maximum atomic E-state index is 13.2. The Balaban J connectivity index is 2.45. The van der Waals surface area contributed by atoms with Gasteiger partial charge in [-0.1, -0.05) is 26.8 Å². The summed E-state index contributed by atoms with van der Waals surface area (Å²) in [5.74, 6) is -1.01. The van der Waals surface area contributed by atoms with E-state index in [-0.39, 0.29) is 17.9 Å². The number of nitriles is 1. The van der Waals surface area contributed by atoms with E-state index in [1.807, 2.05) is 20.8 Å². The van der Waals surface area contributed by atoms with E-state index in [1.165, 1.54) is 30.3 Å². The molecule has 0 aliphatic rings. The molecule has 1 heterocycles. The third-order valence-electron chi connectivity index (χ3n) is 3.58. The van der Waals surface area contributed by atoms with Crippen LogP contribution in [-0.4, -0.2) is 29.5 Å². The summed E-state index contributed by atoms with van der Waals surface area (Å²) in [6, 6.07) is 8.51. The van der Waals surface area contributed by atoms with Crippen LogP contribution in [-0.2, 0) is 6.18 Å². The van der Waals surface area contributed by atoms with Gasteiger partial charge in [0, 0.05) is 18.2 Å². The molecule has 0 aliphatic heterocycles. The highest BCUT2D eigenvalue weighted by Gasteiger charge is 2.35. The minimum atomic E-state index is -4.77. The number of amides is 1. The number of methoxy groups -OCH3 is 1. The molecule has 1 amide bonds. The predicted molar refractivity (Wildman–Crippen MR) is 99.0 cm³/mol. The number of alkyl halides is 3. The zero-order valence-electron chi connectivity index (χ0n) is 16.3. The van der Waals surface area contributed by atoms with Crippen LogP contribution in [0, 0.1) is 16.7 Å². The van der Waals surface area contributed by atoms with Crippen molar-refractivity contribution in [3.05, 3.63) is 47.4 Å². The molecule has 0 radical (unpaired) electrons. The summed E-state index contributed by atoms with van der Waals surface area (Å²) >= 11 is 0. The van der Waals surface area contributed by atoms with E-state index >= 15 is 0 Å². The van der Waals surface area contributed by atoms with Gasteiger partial charge in [0.05, 0.1) is 7.11 Å². The maximum absolute atomic E-state index is 13.2. The van der Waals surface area contributed by atoms with Gasteiger partial charge in [-0.25, -0.2) is 4.98 Å². The number of nitrogens with one attached hydrogen (secondary N) is 1. The summed E-state index contributed by atoms with van der Waals surface area (Å²) in [4.78, 5) is 19.7. The smallest absolute Gasteiger partial charge is 0.433 e. The number of nitrogens with zero attached hydrogens (tertiary/aromatic N) is 4. The fourth-order valence-corrected chi connectivity index (χ4v) is 2.37. The van der Waals surface area contributed by atoms with Crippen LogP contribution in [0.4, 0.5) is 19.0 Å². The Morgan fingerprint density at radius 3 is 2.48 bits per heavy atom. The SMILES string of the molecule is COc1cccc(C(=O)NN(CC(C)(C)C)c2cc(C(F)(F)F)nc(C#N)n2)c1. The van der Waals surface area contributed by atoms with Crippen molar-refractivity contribution < 1.29 is 22.7 Å². The average molecular weight is 407 g/mol. The predicted octanol–water partition coefficient (Wildman–Crippen LogP) is 3.57. The molecule has 0 saturated carbocycles. The molecule has 1 aromatic heterocycles. The Morgan fingerprint density at radius 2 is 1.93 bits per heavy atom. The lowest BCUT2D eigenvalue weighted by Gasteiger charge is -2.31. The fraction of sp³-hybridized carbons (Fsp3) is 0.368. The summed E-state index contributed by atoms with van der Waals surface area (Å²) < 4.78 is 44.6. The van der Waals surface area contributed by atoms with E-state index in [2.05, 4.69) is 15.4 Å². The van der Waals surface area contributed by atoms with Crippen LogP contribution < -0.4 is 15.2 Å². The van der Waals surface area contributed by atoms with Gasteiger partial charge >= 0.3 is 6.18 Å². The van der Waals surface area contributed by atoms with Crippen molar-refractivity contribution in [2.75, 3.05) is 18.7 Å². The highest BCUT2D eigenvalue weighted by Crippen LogP contribution is 2.30. The largest absolute Gasteiger partial charge is 0.497 e. The number of benzene rings is 1. The number of hydrogen-bond donors (Lipinski definition) is 1. The van der Waals surface area contributed by atoms with Crippen molar-refractivity contribution in [2.24, 2.45) is 5.41 Å². The second-order valence-electron chi connectivity index (χ2n) is 7.36. The molecule has 0 saturated heterocycles. The molecule has 1 aromatic carbocycles. The van der Waals surface area contributed by atoms with Crippen LogP contribution in [0.3, 0.4) is 0 Å². The van der Waals surface area contributed by atoms with Crippen molar-refractivity contribution in [3.63, 3.8) is 0 Å². The van der Waals surface area contributed by atoms with E-state index in [0.29, 0.717) is 11.8 Å². The first kappa shape index (κ1) is 21.9. The molecular weight excluding hydrogens is 387 g/mol. The molecule has 1 N–H and O–H groups in total. The molecule has 0 atom stereocenters.